The van der Waals surface area contributed by atoms with Gasteiger partial charge in [-0.25, -0.2) is 0 Å². The Morgan fingerprint density at radius 3 is 2.62 bits per heavy atom. The number of hydrogen-bond acceptors (Lipinski definition) is 3. The van der Waals surface area contributed by atoms with E-state index in [2.05, 4.69) is 4.52 Å². The quantitative estimate of drug-likeness (QED) is 0.548. The van der Waals surface area contributed by atoms with E-state index in [4.69, 9.17) is 34.8 Å². The van der Waals surface area contributed by atoms with E-state index < -0.39 is 7.60 Å². The van der Waals surface area contributed by atoms with Crippen molar-refractivity contribution in [3.8, 4) is 0 Å². The Morgan fingerprint density at radius 1 is 1.54 bits per heavy atom. The van der Waals surface area contributed by atoms with Gasteiger partial charge in [-0.3, -0.25) is 0 Å². The third-order valence-corrected chi connectivity index (χ3v) is 2.91. The topological polar surface area (TPSA) is 49.4 Å². The smallest absolute Gasteiger partial charge is 0.135 e. The summed E-state index contributed by atoms with van der Waals surface area (Å²) in [6.45, 7) is 0.000650. The molecule has 0 aliphatic heterocycles. The van der Waals surface area contributed by atoms with Crippen molar-refractivity contribution in [1.29, 1.82) is 0 Å². The van der Waals surface area contributed by atoms with E-state index in [-0.39, 0.29) is 29.6 Å². The Kier molecular flexibility index (Phi) is 7.52. The maximum Gasteiger partial charge on any atom is 0.135 e. The Balaban J connectivity index is 3.76. The summed E-state index contributed by atoms with van der Waals surface area (Å²) >= 11 is 15.8. The maximum atomic E-state index is 11.0. The molecule has 0 amide bonds. The second kappa shape index (κ2) is 7.10. The SMILES string of the molecule is O=P([O-])(CCC=C(Cl)Cl)OCCCl. The molecule has 7 heteroatoms. The molecule has 0 aliphatic rings. The average molecular weight is 266 g/mol. The van der Waals surface area contributed by atoms with Gasteiger partial charge in [0.05, 0.1) is 6.61 Å². The zero-order valence-corrected chi connectivity index (χ0v) is 9.87. The zero-order valence-electron chi connectivity index (χ0n) is 6.71. The second-order valence-corrected chi connectivity index (χ2v) is 5.45. The van der Waals surface area contributed by atoms with Crippen LogP contribution in [-0.2, 0) is 9.09 Å². The lowest BCUT2D eigenvalue weighted by Gasteiger charge is -2.21. The van der Waals surface area contributed by atoms with Crippen LogP contribution in [0.3, 0.4) is 0 Å². The standard InChI is InChI=1S/C6H10Cl3O3P/c7-3-4-12-13(10,11)5-1-2-6(8)9/h2H,1,3-5H2,(H,10,11)/p-1. The Bertz CT molecular complexity index is 215. The normalized spacial score (nSPS) is 15.1. The summed E-state index contributed by atoms with van der Waals surface area (Å²) in [5.74, 6) is 0.151. The minimum absolute atomic E-state index is 0.000650. The number of halogens is 3. The maximum absolute atomic E-state index is 11.0. The Labute approximate surface area is 92.2 Å². The minimum Gasteiger partial charge on any atom is -0.778 e. The molecule has 0 bridgehead atoms. The largest absolute Gasteiger partial charge is 0.778 e. The van der Waals surface area contributed by atoms with E-state index in [0.29, 0.717) is 0 Å². The van der Waals surface area contributed by atoms with Crippen molar-refractivity contribution in [3.05, 3.63) is 10.6 Å². The van der Waals surface area contributed by atoms with Crippen LogP contribution >= 0.6 is 42.4 Å². The second-order valence-electron chi connectivity index (χ2n) is 2.14. The molecule has 0 saturated carbocycles. The summed E-state index contributed by atoms with van der Waals surface area (Å²) in [4.78, 5) is 11.0. The summed E-state index contributed by atoms with van der Waals surface area (Å²) in [7, 11) is -3.76. The van der Waals surface area contributed by atoms with Crippen molar-refractivity contribution < 1.29 is 14.0 Å². The molecule has 0 aromatic heterocycles. The molecule has 0 heterocycles. The molecule has 13 heavy (non-hydrogen) atoms. The molecule has 3 nitrogen and oxygen atoms in total. The van der Waals surface area contributed by atoms with Gasteiger partial charge in [0.2, 0.25) is 0 Å². The van der Waals surface area contributed by atoms with Gasteiger partial charge in [-0.1, -0.05) is 29.3 Å². The third-order valence-electron chi connectivity index (χ3n) is 1.07. The van der Waals surface area contributed by atoms with Gasteiger partial charge >= 0.3 is 0 Å². The summed E-state index contributed by atoms with van der Waals surface area (Å²) in [5.41, 5.74) is 0. The first-order valence-corrected chi connectivity index (χ1v) is 6.51. The first kappa shape index (κ1) is 13.8. The van der Waals surface area contributed by atoms with E-state index in [0.717, 1.165) is 0 Å². The molecule has 0 rings (SSSR count). The summed E-state index contributed by atoms with van der Waals surface area (Å²) in [6, 6.07) is 0. The molecular weight excluding hydrogens is 257 g/mol. The van der Waals surface area contributed by atoms with Crippen molar-refractivity contribution >= 4 is 42.4 Å². The molecule has 0 fully saturated rings. The van der Waals surface area contributed by atoms with Gasteiger partial charge < -0.3 is 14.0 Å². The van der Waals surface area contributed by atoms with E-state index in [1.807, 2.05) is 0 Å². The van der Waals surface area contributed by atoms with Gasteiger partial charge in [-0.2, -0.15) is 0 Å². The molecular formula is C6H9Cl3O3P-. The van der Waals surface area contributed by atoms with E-state index >= 15 is 0 Å². The molecule has 0 aliphatic carbocycles. The predicted octanol–water partition coefficient (Wildman–Crippen LogP) is 2.50. The molecule has 0 saturated heterocycles. The van der Waals surface area contributed by atoms with Crippen LogP contribution in [0, 0.1) is 0 Å². The van der Waals surface area contributed by atoms with Crippen LogP contribution in [0.25, 0.3) is 0 Å². The van der Waals surface area contributed by atoms with Crippen LogP contribution in [-0.4, -0.2) is 18.6 Å². The lowest BCUT2D eigenvalue weighted by Crippen LogP contribution is -2.09. The first-order chi connectivity index (χ1) is 5.98. The summed E-state index contributed by atoms with van der Waals surface area (Å²) in [5, 5.41) is 0. The lowest BCUT2D eigenvalue weighted by atomic mass is 10.5. The molecule has 1 unspecified atom stereocenters. The van der Waals surface area contributed by atoms with Gasteiger partial charge in [0.15, 0.2) is 0 Å². The van der Waals surface area contributed by atoms with Gasteiger partial charge in [-0.15, -0.1) is 11.6 Å². The van der Waals surface area contributed by atoms with Crippen molar-refractivity contribution in [2.24, 2.45) is 0 Å². The highest BCUT2D eigenvalue weighted by atomic mass is 35.5. The van der Waals surface area contributed by atoms with Gasteiger partial charge in [-0.05, 0) is 6.42 Å². The average Bonchev–Trinajstić information content (AvgIpc) is 2.00. The molecule has 0 aromatic carbocycles. The highest BCUT2D eigenvalue weighted by Gasteiger charge is 2.06. The predicted molar refractivity (Wildman–Crippen MR) is 53.6 cm³/mol. The monoisotopic (exact) mass is 265 g/mol. The van der Waals surface area contributed by atoms with Crippen molar-refractivity contribution in [2.45, 2.75) is 6.42 Å². The molecule has 0 N–H and O–H groups in total. The Morgan fingerprint density at radius 2 is 2.15 bits per heavy atom. The van der Waals surface area contributed by atoms with Gasteiger partial charge in [0, 0.05) is 12.0 Å². The highest BCUT2D eigenvalue weighted by molar-refractivity contribution is 7.51. The molecule has 1 atom stereocenters. The lowest BCUT2D eigenvalue weighted by molar-refractivity contribution is -0.197. The number of hydrogen-bond donors (Lipinski definition) is 0. The van der Waals surface area contributed by atoms with Crippen LogP contribution in [0.4, 0.5) is 0 Å². The van der Waals surface area contributed by atoms with Crippen LogP contribution in [0.15, 0.2) is 10.6 Å². The van der Waals surface area contributed by atoms with E-state index in [1.54, 1.807) is 0 Å². The highest BCUT2D eigenvalue weighted by Crippen LogP contribution is 2.37. The first-order valence-electron chi connectivity index (χ1n) is 3.49. The summed E-state index contributed by atoms with van der Waals surface area (Å²) in [6.07, 6.45) is 1.52. The molecule has 78 valence electrons. The van der Waals surface area contributed by atoms with Crippen LogP contribution in [0.2, 0.25) is 0 Å². The molecule has 0 spiro atoms. The van der Waals surface area contributed by atoms with Crippen LogP contribution < -0.4 is 4.89 Å². The van der Waals surface area contributed by atoms with Crippen molar-refractivity contribution in [3.63, 3.8) is 0 Å². The van der Waals surface area contributed by atoms with Crippen molar-refractivity contribution in [1.82, 2.24) is 0 Å². The summed E-state index contributed by atoms with van der Waals surface area (Å²) < 4.78 is 15.6. The fourth-order valence-corrected chi connectivity index (χ4v) is 1.92. The van der Waals surface area contributed by atoms with E-state index in [9.17, 15) is 9.46 Å². The number of alkyl halides is 1. The van der Waals surface area contributed by atoms with Crippen molar-refractivity contribution in [2.75, 3.05) is 18.6 Å². The van der Waals surface area contributed by atoms with Crippen LogP contribution in [0.5, 0.6) is 0 Å². The van der Waals surface area contributed by atoms with Gasteiger partial charge in [0.25, 0.3) is 0 Å². The zero-order chi connectivity index (χ0) is 10.3. The molecule has 0 aromatic rings. The van der Waals surface area contributed by atoms with Gasteiger partial charge in [0.1, 0.15) is 12.1 Å². The number of allylic oxidation sites excluding steroid dienone is 1. The fraction of sp³-hybridized carbons (Fsp3) is 0.667. The molecule has 0 radical (unpaired) electrons. The fourth-order valence-electron chi connectivity index (χ4n) is 0.570. The van der Waals surface area contributed by atoms with Crippen LogP contribution in [0.1, 0.15) is 6.42 Å². The Hall–Kier alpha value is 0.760. The third kappa shape index (κ3) is 9.07. The number of rotatable bonds is 6. The van der Waals surface area contributed by atoms with E-state index in [1.165, 1.54) is 6.08 Å². The minimum atomic E-state index is -3.76.